The minimum atomic E-state index is -1.48. The Morgan fingerprint density at radius 1 is 1.19 bits per heavy atom. The van der Waals surface area contributed by atoms with E-state index in [1.54, 1.807) is 0 Å². The molecule has 0 heterocycles. The van der Waals surface area contributed by atoms with Crippen LogP contribution >= 0.6 is 0 Å². The van der Waals surface area contributed by atoms with E-state index in [0.717, 1.165) is 6.61 Å². The van der Waals surface area contributed by atoms with Crippen LogP contribution in [0.4, 0.5) is 0 Å². The van der Waals surface area contributed by atoms with Crippen molar-refractivity contribution in [2.24, 2.45) is 0 Å². The van der Waals surface area contributed by atoms with Crippen molar-refractivity contribution in [3.8, 4) is 0 Å². The third-order valence-corrected chi connectivity index (χ3v) is 5.79. The Morgan fingerprint density at radius 2 is 1.94 bits per heavy atom. The highest BCUT2D eigenvalue weighted by Gasteiger charge is 2.21. The molecule has 0 saturated heterocycles. The van der Waals surface area contributed by atoms with Gasteiger partial charge in [0.2, 0.25) is 0 Å². The van der Waals surface area contributed by atoms with Gasteiger partial charge in [0.15, 0.2) is 0 Å². The van der Waals surface area contributed by atoms with Crippen molar-refractivity contribution in [3.63, 3.8) is 0 Å². The first-order valence-electron chi connectivity index (χ1n) is 5.75. The molecule has 1 aromatic carbocycles. The molecule has 0 amide bonds. The average Bonchev–Trinajstić information content (AvgIpc) is 2.20. The standard InChI is InChI=1S/C14H18OSi/c1-4-15-9-10-16(2,3)14-8-7-12-5-6-13(12)11-14/h5-11H,4H2,1-3H3. The highest BCUT2D eigenvalue weighted by atomic mass is 28.3. The zero-order valence-electron chi connectivity index (χ0n) is 10.2. The number of ether oxygens (including phenoxy) is 1. The highest BCUT2D eigenvalue weighted by Crippen LogP contribution is 2.22. The van der Waals surface area contributed by atoms with Crippen LogP contribution < -0.4 is 5.19 Å². The third kappa shape index (κ3) is 2.12. The van der Waals surface area contributed by atoms with Gasteiger partial charge in [-0.2, -0.15) is 0 Å². The van der Waals surface area contributed by atoms with E-state index in [2.05, 4.69) is 49.1 Å². The van der Waals surface area contributed by atoms with Gasteiger partial charge in [-0.15, -0.1) is 0 Å². The SMILES string of the molecule is CCOC=C[Si](C)(C)c1ccc2c(c1)C=C2. The second kappa shape index (κ2) is 4.30. The largest absolute Gasteiger partial charge is 0.502 e. The average molecular weight is 230 g/mol. The quantitative estimate of drug-likeness (QED) is 0.579. The molecule has 0 fully saturated rings. The van der Waals surface area contributed by atoms with E-state index >= 15 is 0 Å². The van der Waals surface area contributed by atoms with E-state index in [0.29, 0.717) is 0 Å². The molecule has 0 N–H and O–H groups in total. The minimum absolute atomic E-state index is 0.744. The molecule has 2 rings (SSSR count). The van der Waals surface area contributed by atoms with Gasteiger partial charge < -0.3 is 4.74 Å². The minimum Gasteiger partial charge on any atom is -0.502 e. The number of fused-ring (bicyclic) bond motifs is 1. The lowest BCUT2D eigenvalue weighted by Crippen LogP contribution is -2.39. The zero-order valence-corrected chi connectivity index (χ0v) is 11.2. The molecule has 1 nitrogen and oxygen atoms in total. The molecule has 2 heteroatoms. The normalized spacial score (nSPS) is 13.7. The van der Waals surface area contributed by atoms with Gasteiger partial charge in [0.25, 0.3) is 0 Å². The summed E-state index contributed by atoms with van der Waals surface area (Å²) in [6.07, 6.45) is 6.20. The van der Waals surface area contributed by atoms with Gasteiger partial charge in [-0.05, 0) is 18.1 Å². The van der Waals surface area contributed by atoms with Gasteiger partial charge in [-0.1, -0.05) is 54.3 Å². The van der Waals surface area contributed by atoms with E-state index in [9.17, 15) is 0 Å². The van der Waals surface area contributed by atoms with Crippen LogP contribution in [-0.2, 0) is 4.74 Å². The first-order chi connectivity index (χ1) is 7.63. The van der Waals surface area contributed by atoms with Gasteiger partial charge in [0.05, 0.1) is 12.9 Å². The first kappa shape index (κ1) is 11.2. The fourth-order valence-electron chi connectivity index (χ4n) is 1.77. The molecule has 1 aromatic rings. The predicted molar refractivity (Wildman–Crippen MR) is 73.3 cm³/mol. The van der Waals surface area contributed by atoms with Gasteiger partial charge in [0.1, 0.15) is 8.07 Å². The Labute approximate surface area is 98.5 Å². The summed E-state index contributed by atoms with van der Waals surface area (Å²) in [5, 5.41) is 1.46. The van der Waals surface area contributed by atoms with E-state index in [1.165, 1.54) is 16.3 Å². The topological polar surface area (TPSA) is 9.23 Å². The van der Waals surface area contributed by atoms with Gasteiger partial charge in [0, 0.05) is 0 Å². The molecule has 0 spiro atoms. The molecule has 84 valence electrons. The first-order valence-corrected chi connectivity index (χ1v) is 8.83. The molecule has 0 bridgehead atoms. The number of rotatable bonds is 4. The van der Waals surface area contributed by atoms with Gasteiger partial charge >= 0.3 is 0 Å². The monoisotopic (exact) mass is 230 g/mol. The Bertz CT molecular complexity index is 444. The second-order valence-corrected chi connectivity index (χ2v) is 9.01. The van der Waals surface area contributed by atoms with Gasteiger partial charge in [-0.25, -0.2) is 0 Å². The van der Waals surface area contributed by atoms with Crippen molar-refractivity contribution in [3.05, 3.63) is 41.3 Å². The van der Waals surface area contributed by atoms with Gasteiger partial charge in [-0.3, -0.25) is 0 Å². The van der Waals surface area contributed by atoms with E-state index in [4.69, 9.17) is 4.74 Å². The van der Waals surface area contributed by atoms with Crippen molar-refractivity contribution < 1.29 is 4.74 Å². The maximum Gasteiger partial charge on any atom is 0.107 e. The second-order valence-electron chi connectivity index (χ2n) is 4.66. The molecular weight excluding hydrogens is 212 g/mol. The summed E-state index contributed by atoms with van der Waals surface area (Å²) in [6, 6.07) is 6.79. The summed E-state index contributed by atoms with van der Waals surface area (Å²) in [5.41, 5.74) is 4.99. The summed E-state index contributed by atoms with van der Waals surface area (Å²) < 4.78 is 5.30. The number of benzene rings is 1. The lowest BCUT2D eigenvalue weighted by atomic mass is 9.98. The zero-order chi connectivity index (χ0) is 11.6. The molecule has 0 saturated carbocycles. The molecule has 16 heavy (non-hydrogen) atoms. The van der Waals surface area contributed by atoms with Crippen LogP contribution in [0.15, 0.2) is 30.2 Å². The Hall–Kier alpha value is -1.28. The molecule has 1 aliphatic rings. The molecule has 0 radical (unpaired) electrons. The van der Waals surface area contributed by atoms with Crippen LogP contribution in [0, 0.1) is 0 Å². The summed E-state index contributed by atoms with van der Waals surface area (Å²) in [7, 11) is -1.48. The van der Waals surface area contributed by atoms with Crippen LogP contribution in [0.1, 0.15) is 18.1 Å². The summed E-state index contributed by atoms with van der Waals surface area (Å²) in [6.45, 7) is 7.43. The van der Waals surface area contributed by atoms with Crippen molar-refractivity contribution in [1.29, 1.82) is 0 Å². The Balaban J connectivity index is 2.19. The smallest absolute Gasteiger partial charge is 0.107 e. The third-order valence-electron chi connectivity index (χ3n) is 3.02. The fourth-order valence-corrected chi connectivity index (χ4v) is 3.43. The summed E-state index contributed by atoms with van der Waals surface area (Å²) in [5.74, 6) is 0. The Kier molecular flexibility index (Phi) is 3.01. The molecule has 0 atom stereocenters. The molecule has 0 unspecified atom stereocenters. The van der Waals surface area contributed by atoms with Crippen LogP contribution in [0.5, 0.6) is 0 Å². The lowest BCUT2D eigenvalue weighted by molar-refractivity contribution is 0.270. The van der Waals surface area contributed by atoms with Crippen LogP contribution in [0.3, 0.4) is 0 Å². The van der Waals surface area contributed by atoms with Crippen molar-refractivity contribution >= 4 is 25.4 Å². The molecule has 0 aliphatic heterocycles. The summed E-state index contributed by atoms with van der Waals surface area (Å²) in [4.78, 5) is 0. The van der Waals surface area contributed by atoms with Crippen LogP contribution in [0.2, 0.25) is 13.1 Å². The highest BCUT2D eigenvalue weighted by molar-refractivity contribution is 6.93. The Morgan fingerprint density at radius 3 is 2.50 bits per heavy atom. The van der Waals surface area contributed by atoms with E-state index in [-0.39, 0.29) is 0 Å². The number of hydrogen-bond donors (Lipinski definition) is 0. The van der Waals surface area contributed by atoms with Crippen LogP contribution in [-0.4, -0.2) is 14.7 Å². The maximum atomic E-state index is 5.30. The molecule has 1 aliphatic carbocycles. The maximum absolute atomic E-state index is 5.30. The van der Waals surface area contributed by atoms with Crippen molar-refractivity contribution in [1.82, 2.24) is 0 Å². The fraction of sp³-hybridized carbons (Fsp3) is 0.286. The molecule has 0 aromatic heterocycles. The molecular formula is C14H18OSi. The van der Waals surface area contributed by atoms with Crippen LogP contribution in [0.25, 0.3) is 12.2 Å². The lowest BCUT2D eigenvalue weighted by Gasteiger charge is -2.21. The summed E-state index contributed by atoms with van der Waals surface area (Å²) >= 11 is 0. The van der Waals surface area contributed by atoms with Crippen molar-refractivity contribution in [2.45, 2.75) is 20.0 Å². The van der Waals surface area contributed by atoms with Crippen molar-refractivity contribution in [2.75, 3.05) is 6.61 Å². The van der Waals surface area contributed by atoms with E-state index in [1.807, 2.05) is 13.2 Å². The van der Waals surface area contributed by atoms with E-state index < -0.39 is 8.07 Å². The predicted octanol–water partition coefficient (Wildman–Crippen LogP) is 3.18. The number of hydrogen-bond acceptors (Lipinski definition) is 1.